The summed E-state index contributed by atoms with van der Waals surface area (Å²) in [5.74, 6) is 0.677. The smallest absolute Gasteiger partial charge is 0.251 e. The van der Waals surface area contributed by atoms with Gasteiger partial charge in [0.2, 0.25) is 11.8 Å². The van der Waals surface area contributed by atoms with Crippen LogP contribution in [0.3, 0.4) is 0 Å². The second kappa shape index (κ2) is 6.44. The summed E-state index contributed by atoms with van der Waals surface area (Å²) in [6, 6.07) is 15.2. The van der Waals surface area contributed by atoms with Gasteiger partial charge in [-0.05, 0) is 37.6 Å². The number of amides is 1. The van der Waals surface area contributed by atoms with Crippen molar-refractivity contribution in [2.24, 2.45) is 0 Å². The molecule has 0 bridgehead atoms. The Balaban J connectivity index is 1.68. The number of hydrogen-bond donors (Lipinski definition) is 1. The van der Waals surface area contributed by atoms with Crippen molar-refractivity contribution in [1.29, 1.82) is 0 Å². The van der Waals surface area contributed by atoms with Crippen LogP contribution in [-0.4, -0.2) is 16.1 Å². The fourth-order valence-corrected chi connectivity index (χ4v) is 2.29. The third kappa shape index (κ3) is 3.45. The lowest BCUT2D eigenvalue weighted by molar-refractivity contribution is 0.0947. The largest absolute Gasteiger partial charge is 0.419 e. The molecule has 0 radical (unpaired) electrons. The molecule has 116 valence electrons. The zero-order chi connectivity index (χ0) is 16.2. The SMILES string of the molecule is Cc1cccc(C(=O)NCc2nnc(-c3ccccc3C)o2)c1. The second-order valence-electron chi connectivity index (χ2n) is 5.37. The highest BCUT2D eigenvalue weighted by Gasteiger charge is 2.12. The molecule has 1 heterocycles. The van der Waals surface area contributed by atoms with Crippen molar-refractivity contribution in [1.82, 2.24) is 15.5 Å². The quantitative estimate of drug-likeness (QED) is 0.803. The third-order valence-electron chi connectivity index (χ3n) is 3.52. The van der Waals surface area contributed by atoms with E-state index < -0.39 is 0 Å². The molecule has 0 spiro atoms. The van der Waals surface area contributed by atoms with Crippen LogP contribution in [-0.2, 0) is 6.54 Å². The molecule has 0 saturated carbocycles. The van der Waals surface area contributed by atoms with Gasteiger partial charge >= 0.3 is 0 Å². The summed E-state index contributed by atoms with van der Waals surface area (Å²) in [5, 5.41) is 10.8. The Morgan fingerprint density at radius 1 is 1.09 bits per heavy atom. The Morgan fingerprint density at radius 2 is 1.91 bits per heavy atom. The molecule has 0 aliphatic carbocycles. The highest BCUT2D eigenvalue weighted by Crippen LogP contribution is 2.21. The third-order valence-corrected chi connectivity index (χ3v) is 3.52. The van der Waals surface area contributed by atoms with Crippen LogP contribution in [0.4, 0.5) is 0 Å². The standard InChI is InChI=1S/C18H17N3O2/c1-12-6-5-8-14(10-12)17(22)19-11-16-20-21-18(23-16)15-9-4-3-7-13(15)2/h3-10H,11H2,1-2H3,(H,19,22). The molecule has 2 aromatic carbocycles. The lowest BCUT2D eigenvalue weighted by Gasteiger charge is -2.03. The van der Waals surface area contributed by atoms with E-state index in [1.54, 1.807) is 6.07 Å². The van der Waals surface area contributed by atoms with E-state index in [0.717, 1.165) is 16.7 Å². The number of benzene rings is 2. The van der Waals surface area contributed by atoms with Crippen LogP contribution in [0.1, 0.15) is 27.4 Å². The lowest BCUT2D eigenvalue weighted by atomic mass is 10.1. The monoisotopic (exact) mass is 307 g/mol. The molecule has 0 fully saturated rings. The van der Waals surface area contributed by atoms with Gasteiger partial charge in [-0.1, -0.05) is 35.9 Å². The van der Waals surface area contributed by atoms with Gasteiger partial charge in [-0.25, -0.2) is 0 Å². The molecule has 0 unspecified atom stereocenters. The van der Waals surface area contributed by atoms with Crippen LogP contribution in [0.2, 0.25) is 0 Å². The Hall–Kier alpha value is -2.95. The van der Waals surface area contributed by atoms with E-state index >= 15 is 0 Å². The maximum atomic E-state index is 12.1. The molecule has 0 aliphatic heterocycles. The first-order chi connectivity index (χ1) is 11.1. The zero-order valence-corrected chi connectivity index (χ0v) is 13.0. The van der Waals surface area contributed by atoms with Crippen LogP contribution in [0, 0.1) is 13.8 Å². The van der Waals surface area contributed by atoms with E-state index in [4.69, 9.17) is 4.42 Å². The van der Waals surface area contributed by atoms with Crippen molar-refractivity contribution in [3.63, 3.8) is 0 Å². The molecule has 3 rings (SSSR count). The van der Waals surface area contributed by atoms with Crippen molar-refractivity contribution in [3.05, 3.63) is 71.1 Å². The van der Waals surface area contributed by atoms with E-state index in [-0.39, 0.29) is 12.5 Å². The number of carbonyl (C=O) groups excluding carboxylic acids is 1. The minimum Gasteiger partial charge on any atom is -0.419 e. The van der Waals surface area contributed by atoms with Gasteiger partial charge in [0.15, 0.2) is 0 Å². The van der Waals surface area contributed by atoms with E-state index in [0.29, 0.717) is 17.3 Å². The maximum Gasteiger partial charge on any atom is 0.251 e. The Kier molecular flexibility index (Phi) is 4.19. The predicted molar refractivity (Wildman–Crippen MR) is 86.8 cm³/mol. The van der Waals surface area contributed by atoms with Gasteiger partial charge in [0.05, 0.1) is 6.54 Å². The fraction of sp³-hybridized carbons (Fsp3) is 0.167. The minimum absolute atomic E-state index is 0.163. The summed E-state index contributed by atoms with van der Waals surface area (Å²) in [6.07, 6.45) is 0. The van der Waals surface area contributed by atoms with Gasteiger partial charge in [0.25, 0.3) is 5.91 Å². The summed E-state index contributed by atoms with van der Waals surface area (Å²) < 4.78 is 5.62. The summed E-state index contributed by atoms with van der Waals surface area (Å²) in [5.41, 5.74) is 3.61. The second-order valence-corrected chi connectivity index (χ2v) is 5.37. The highest BCUT2D eigenvalue weighted by molar-refractivity contribution is 5.94. The van der Waals surface area contributed by atoms with E-state index in [1.807, 2.05) is 56.3 Å². The fourth-order valence-electron chi connectivity index (χ4n) is 2.29. The Bertz CT molecular complexity index is 840. The van der Waals surface area contributed by atoms with Gasteiger partial charge < -0.3 is 9.73 Å². The Morgan fingerprint density at radius 3 is 2.70 bits per heavy atom. The number of rotatable bonds is 4. The molecule has 0 aliphatic rings. The first kappa shape index (κ1) is 15.0. The van der Waals surface area contributed by atoms with E-state index in [9.17, 15) is 4.79 Å². The molecular formula is C18H17N3O2. The maximum absolute atomic E-state index is 12.1. The van der Waals surface area contributed by atoms with Crippen LogP contribution in [0.5, 0.6) is 0 Å². The van der Waals surface area contributed by atoms with Gasteiger partial charge in [-0.2, -0.15) is 0 Å². The average molecular weight is 307 g/mol. The van der Waals surface area contributed by atoms with Gasteiger partial charge in [-0.3, -0.25) is 4.79 Å². The molecule has 23 heavy (non-hydrogen) atoms. The summed E-state index contributed by atoms with van der Waals surface area (Å²) in [7, 11) is 0. The molecule has 0 saturated heterocycles. The lowest BCUT2D eigenvalue weighted by Crippen LogP contribution is -2.22. The molecule has 1 N–H and O–H groups in total. The van der Waals surface area contributed by atoms with E-state index in [2.05, 4.69) is 15.5 Å². The number of aromatic nitrogens is 2. The van der Waals surface area contributed by atoms with Gasteiger partial charge in [0, 0.05) is 11.1 Å². The van der Waals surface area contributed by atoms with Crippen molar-refractivity contribution < 1.29 is 9.21 Å². The molecule has 5 nitrogen and oxygen atoms in total. The summed E-state index contributed by atoms with van der Waals surface area (Å²) in [4.78, 5) is 12.1. The number of nitrogens with zero attached hydrogens (tertiary/aromatic N) is 2. The molecule has 1 amide bonds. The van der Waals surface area contributed by atoms with Crippen molar-refractivity contribution in [2.75, 3.05) is 0 Å². The predicted octanol–water partition coefficient (Wildman–Crippen LogP) is 3.28. The molecule has 3 aromatic rings. The average Bonchev–Trinajstić information content (AvgIpc) is 3.02. The number of carbonyl (C=O) groups is 1. The number of aryl methyl sites for hydroxylation is 2. The molecular weight excluding hydrogens is 290 g/mol. The van der Waals surface area contributed by atoms with E-state index in [1.165, 1.54) is 0 Å². The van der Waals surface area contributed by atoms with Crippen LogP contribution in [0.15, 0.2) is 52.9 Å². The first-order valence-corrected chi connectivity index (χ1v) is 7.37. The first-order valence-electron chi connectivity index (χ1n) is 7.37. The highest BCUT2D eigenvalue weighted by atomic mass is 16.4. The molecule has 1 aromatic heterocycles. The van der Waals surface area contributed by atoms with Crippen molar-refractivity contribution in [2.45, 2.75) is 20.4 Å². The summed E-state index contributed by atoms with van der Waals surface area (Å²) in [6.45, 7) is 4.13. The molecule has 0 atom stereocenters. The number of hydrogen-bond acceptors (Lipinski definition) is 4. The zero-order valence-electron chi connectivity index (χ0n) is 13.0. The minimum atomic E-state index is -0.163. The van der Waals surface area contributed by atoms with Gasteiger partial charge in [0.1, 0.15) is 0 Å². The number of nitrogens with one attached hydrogen (secondary N) is 1. The normalized spacial score (nSPS) is 10.5. The van der Waals surface area contributed by atoms with Crippen LogP contribution in [0.25, 0.3) is 11.5 Å². The molecule has 5 heteroatoms. The van der Waals surface area contributed by atoms with Crippen molar-refractivity contribution >= 4 is 5.91 Å². The summed E-state index contributed by atoms with van der Waals surface area (Å²) >= 11 is 0. The van der Waals surface area contributed by atoms with Crippen LogP contribution >= 0.6 is 0 Å². The topological polar surface area (TPSA) is 68.0 Å². The van der Waals surface area contributed by atoms with Gasteiger partial charge in [-0.15, -0.1) is 10.2 Å². The van der Waals surface area contributed by atoms with Crippen LogP contribution < -0.4 is 5.32 Å². The Labute approximate surface area is 134 Å². The van der Waals surface area contributed by atoms with Crippen molar-refractivity contribution in [3.8, 4) is 11.5 Å².